The number of anilines is 1. The van der Waals surface area contributed by atoms with Crippen LogP contribution in [-0.2, 0) is 9.53 Å². The van der Waals surface area contributed by atoms with Gasteiger partial charge in [0.25, 0.3) is 5.91 Å². The summed E-state index contributed by atoms with van der Waals surface area (Å²) in [5.41, 5.74) is 0.924. The third-order valence-corrected chi connectivity index (χ3v) is 4.20. The molecular weight excluding hydrogens is 384 g/mol. The second-order valence-corrected chi connectivity index (χ2v) is 6.27. The normalized spacial score (nSPS) is 10.7. The van der Waals surface area contributed by atoms with Crippen LogP contribution in [0.4, 0.5) is 5.69 Å². The Hall–Kier alpha value is -3.79. The van der Waals surface area contributed by atoms with Crippen molar-refractivity contribution in [1.29, 1.82) is 5.26 Å². The summed E-state index contributed by atoms with van der Waals surface area (Å²) in [4.78, 5) is 24.5. The van der Waals surface area contributed by atoms with Gasteiger partial charge < -0.3 is 19.5 Å². The van der Waals surface area contributed by atoms with E-state index in [2.05, 4.69) is 12.2 Å². The Morgan fingerprint density at radius 3 is 2.57 bits per heavy atom. The molecule has 0 saturated heterocycles. The Morgan fingerprint density at radius 2 is 1.90 bits per heavy atom. The lowest BCUT2D eigenvalue weighted by molar-refractivity contribution is -0.112. The zero-order valence-corrected chi connectivity index (χ0v) is 17.2. The van der Waals surface area contributed by atoms with Crippen molar-refractivity contribution < 1.29 is 23.8 Å². The van der Waals surface area contributed by atoms with Gasteiger partial charge in [-0.15, -0.1) is 0 Å². The molecule has 0 fully saturated rings. The summed E-state index contributed by atoms with van der Waals surface area (Å²) in [6, 6.07) is 13.5. The third kappa shape index (κ3) is 5.85. The van der Waals surface area contributed by atoms with Crippen molar-refractivity contribution in [3.63, 3.8) is 0 Å². The van der Waals surface area contributed by atoms with Crippen molar-refractivity contribution in [2.75, 3.05) is 26.1 Å². The number of carbonyl (C=O) groups is 2. The summed E-state index contributed by atoms with van der Waals surface area (Å²) >= 11 is 0. The van der Waals surface area contributed by atoms with Crippen molar-refractivity contribution in [2.24, 2.45) is 0 Å². The highest BCUT2D eigenvalue weighted by molar-refractivity contribution is 6.12. The summed E-state index contributed by atoms with van der Waals surface area (Å²) in [7, 11) is 2.78. The summed E-state index contributed by atoms with van der Waals surface area (Å²) in [6.07, 6.45) is 3.38. The molecule has 0 spiro atoms. The van der Waals surface area contributed by atoms with Gasteiger partial charge in [0.1, 0.15) is 11.6 Å². The first-order valence-electron chi connectivity index (χ1n) is 9.45. The number of hydrogen-bond acceptors (Lipinski definition) is 6. The molecule has 0 aromatic heterocycles. The van der Waals surface area contributed by atoms with E-state index >= 15 is 0 Å². The largest absolute Gasteiger partial charge is 0.493 e. The number of methoxy groups -OCH3 is 2. The molecule has 0 aliphatic carbocycles. The first-order chi connectivity index (χ1) is 14.5. The maximum Gasteiger partial charge on any atom is 0.339 e. The number of nitrogens with one attached hydrogen (secondary N) is 1. The number of carbonyl (C=O) groups excluding carboxylic acids is 2. The molecule has 0 atom stereocenters. The first-order valence-corrected chi connectivity index (χ1v) is 9.45. The molecule has 1 N–H and O–H groups in total. The molecule has 0 aliphatic rings. The van der Waals surface area contributed by atoms with E-state index in [4.69, 9.17) is 14.2 Å². The standard InChI is InChI=1S/C23H24N2O5/c1-4-5-12-30-20-11-10-16(14-21(20)28-2)13-17(15-24)22(26)25-19-9-7-6-8-18(19)23(27)29-3/h6-11,13-14H,4-5,12H2,1-3H3,(H,25,26)/b17-13+. The monoisotopic (exact) mass is 408 g/mol. The molecule has 0 heterocycles. The summed E-state index contributed by atoms with van der Waals surface area (Å²) in [5.74, 6) is -0.125. The third-order valence-electron chi connectivity index (χ3n) is 4.20. The number of para-hydroxylation sites is 1. The van der Waals surface area contributed by atoms with E-state index in [-0.39, 0.29) is 16.8 Å². The molecule has 7 heteroatoms. The minimum atomic E-state index is -0.643. The number of ether oxygens (including phenoxy) is 3. The zero-order valence-electron chi connectivity index (χ0n) is 17.2. The van der Waals surface area contributed by atoms with Crippen LogP contribution in [0.2, 0.25) is 0 Å². The average Bonchev–Trinajstić information content (AvgIpc) is 2.77. The van der Waals surface area contributed by atoms with Crippen molar-refractivity contribution in [3.05, 3.63) is 59.2 Å². The molecule has 0 bridgehead atoms. The van der Waals surface area contributed by atoms with Crippen molar-refractivity contribution in [2.45, 2.75) is 19.8 Å². The van der Waals surface area contributed by atoms with Gasteiger partial charge in [-0.25, -0.2) is 4.79 Å². The second-order valence-electron chi connectivity index (χ2n) is 6.27. The molecule has 1 amide bonds. The Kier molecular flexibility index (Phi) is 8.45. The maximum atomic E-state index is 12.6. The topological polar surface area (TPSA) is 97.7 Å². The molecule has 7 nitrogen and oxygen atoms in total. The van der Waals surface area contributed by atoms with Gasteiger partial charge in [0.2, 0.25) is 0 Å². The molecule has 2 rings (SSSR count). The van der Waals surface area contributed by atoms with Crippen LogP contribution in [0.15, 0.2) is 48.0 Å². The van der Waals surface area contributed by atoms with Crippen LogP contribution in [0.3, 0.4) is 0 Å². The van der Waals surface area contributed by atoms with Gasteiger partial charge in [-0.3, -0.25) is 4.79 Å². The number of esters is 1. The highest BCUT2D eigenvalue weighted by Crippen LogP contribution is 2.29. The number of benzene rings is 2. The molecule has 0 unspecified atom stereocenters. The summed E-state index contributed by atoms with van der Waals surface area (Å²) < 4.78 is 15.8. The SMILES string of the molecule is CCCCOc1ccc(/C=C(\C#N)C(=O)Nc2ccccc2C(=O)OC)cc1OC. The van der Waals surface area contributed by atoms with E-state index in [0.29, 0.717) is 23.7 Å². The summed E-state index contributed by atoms with van der Waals surface area (Å²) in [6.45, 7) is 2.65. The van der Waals surface area contributed by atoms with Gasteiger partial charge in [0.15, 0.2) is 11.5 Å². The molecular formula is C23H24N2O5. The molecule has 0 radical (unpaired) electrons. The highest BCUT2D eigenvalue weighted by Gasteiger charge is 2.16. The fourth-order valence-corrected chi connectivity index (χ4v) is 2.60. The van der Waals surface area contributed by atoms with E-state index in [1.165, 1.54) is 26.4 Å². The Balaban J connectivity index is 2.24. The number of nitriles is 1. The number of rotatable bonds is 9. The van der Waals surface area contributed by atoms with Gasteiger partial charge in [-0.05, 0) is 42.3 Å². The lowest BCUT2D eigenvalue weighted by Crippen LogP contribution is -2.16. The second kappa shape index (κ2) is 11.3. The van der Waals surface area contributed by atoms with E-state index in [1.807, 2.05) is 6.07 Å². The molecule has 30 heavy (non-hydrogen) atoms. The van der Waals surface area contributed by atoms with E-state index < -0.39 is 11.9 Å². The van der Waals surface area contributed by atoms with Gasteiger partial charge in [-0.1, -0.05) is 31.5 Å². The van der Waals surface area contributed by atoms with Crippen LogP contribution in [0.25, 0.3) is 6.08 Å². The van der Waals surface area contributed by atoms with Gasteiger partial charge >= 0.3 is 5.97 Å². The van der Waals surface area contributed by atoms with Gasteiger partial charge in [0.05, 0.1) is 32.1 Å². The predicted octanol–water partition coefficient (Wildman–Crippen LogP) is 4.21. The van der Waals surface area contributed by atoms with Crippen LogP contribution in [0, 0.1) is 11.3 Å². The van der Waals surface area contributed by atoms with Crippen LogP contribution in [0.1, 0.15) is 35.7 Å². The summed E-state index contributed by atoms with van der Waals surface area (Å²) in [5, 5.41) is 12.0. The number of nitrogens with zero attached hydrogens (tertiary/aromatic N) is 1. The first kappa shape index (κ1) is 22.5. The zero-order chi connectivity index (χ0) is 21.9. The van der Waals surface area contributed by atoms with Gasteiger partial charge in [0, 0.05) is 0 Å². The Morgan fingerprint density at radius 1 is 1.13 bits per heavy atom. The Bertz CT molecular complexity index is 976. The maximum absolute atomic E-state index is 12.6. The fourth-order valence-electron chi connectivity index (χ4n) is 2.60. The average molecular weight is 408 g/mol. The molecule has 0 aliphatic heterocycles. The lowest BCUT2D eigenvalue weighted by Gasteiger charge is -2.11. The van der Waals surface area contributed by atoms with Crippen LogP contribution in [0.5, 0.6) is 11.5 Å². The van der Waals surface area contributed by atoms with E-state index in [9.17, 15) is 14.9 Å². The van der Waals surface area contributed by atoms with Crippen molar-refractivity contribution in [3.8, 4) is 17.6 Å². The predicted molar refractivity (Wildman–Crippen MR) is 113 cm³/mol. The van der Waals surface area contributed by atoms with Crippen LogP contribution in [-0.4, -0.2) is 32.7 Å². The lowest BCUT2D eigenvalue weighted by atomic mass is 10.1. The molecule has 156 valence electrons. The minimum absolute atomic E-state index is 0.128. The van der Waals surface area contributed by atoms with E-state index in [1.54, 1.807) is 36.4 Å². The van der Waals surface area contributed by atoms with Crippen molar-refractivity contribution >= 4 is 23.6 Å². The minimum Gasteiger partial charge on any atom is -0.493 e. The molecule has 2 aromatic carbocycles. The highest BCUT2D eigenvalue weighted by atomic mass is 16.5. The Labute approximate surface area is 175 Å². The number of amides is 1. The molecule has 2 aromatic rings. The van der Waals surface area contributed by atoms with Crippen LogP contribution < -0.4 is 14.8 Å². The number of hydrogen-bond donors (Lipinski definition) is 1. The van der Waals surface area contributed by atoms with E-state index in [0.717, 1.165) is 12.8 Å². The molecule has 0 saturated carbocycles. The van der Waals surface area contributed by atoms with Crippen LogP contribution >= 0.6 is 0 Å². The fraction of sp³-hybridized carbons (Fsp3) is 0.261. The quantitative estimate of drug-likeness (QED) is 0.289. The smallest absolute Gasteiger partial charge is 0.339 e. The number of unbranched alkanes of at least 4 members (excludes halogenated alkanes) is 1. The van der Waals surface area contributed by atoms with Crippen molar-refractivity contribution in [1.82, 2.24) is 0 Å². The van der Waals surface area contributed by atoms with Gasteiger partial charge in [-0.2, -0.15) is 5.26 Å².